The number of ether oxygens (including phenoxy) is 1. The number of amides is 1. The molecule has 0 saturated carbocycles. The number of halogens is 4. The molecule has 0 unspecified atom stereocenters. The quantitative estimate of drug-likeness (QED) is 0.352. The number of hydrogen-bond acceptors (Lipinski definition) is 3. The minimum atomic E-state index is -4.76. The number of aliphatic imine (C=N–C) groups is 1. The zero-order valence-electron chi connectivity index (χ0n) is 14.9. The molecule has 1 aromatic carbocycles. The van der Waals surface area contributed by atoms with Crippen molar-refractivity contribution in [2.24, 2.45) is 4.99 Å². The van der Waals surface area contributed by atoms with Gasteiger partial charge in [-0.25, -0.2) is 4.99 Å². The zero-order valence-corrected chi connectivity index (χ0v) is 17.2. The lowest BCUT2D eigenvalue weighted by Gasteiger charge is -2.15. The summed E-state index contributed by atoms with van der Waals surface area (Å²) in [6.07, 6.45) is -3.93. The summed E-state index contributed by atoms with van der Waals surface area (Å²) in [5.41, 5.74) is 0.288. The van der Waals surface area contributed by atoms with Crippen molar-refractivity contribution >= 4 is 35.8 Å². The van der Waals surface area contributed by atoms with Gasteiger partial charge in [0.1, 0.15) is 5.75 Å². The van der Waals surface area contributed by atoms with Gasteiger partial charge >= 0.3 is 6.36 Å². The van der Waals surface area contributed by atoms with Crippen molar-refractivity contribution in [2.45, 2.75) is 26.3 Å². The monoisotopic (exact) mass is 488 g/mol. The molecule has 0 saturated heterocycles. The number of likely N-dealkylation sites (N-methyl/N-ethyl adjacent to an activating group) is 1. The van der Waals surface area contributed by atoms with Crippen molar-refractivity contribution < 1.29 is 22.7 Å². The topological polar surface area (TPSA) is 66.0 Å². The molecule has 0 atom stereocenters. The van der Waals surface area contributed by atoms with Crippen LogP contribution in [0.2, 0.25) is 0 Å². The lowest BCUT2D eigenvalue weighted by atomic mass is 10.2. The van der Waals surface area contributed by atoms with E-state index in [1.165, 1.54) is 23.1 Å². The Hall–Kier alpha value is -1.72. The van der Waals surface area contributed by atoms with Crippen LogP contribution in [0.15, 0.2) is 29.3 Å². The maximum atomic E-state index is 12.4. The van der Waals surface area contributed by atoms with Crippen molar-refractivity contribution in [1.82, 2.24) is 15.5 Å². The third-order valence-electron chi connectivity index (χ3n) is 3.05. The first-order valence-electron chi connectivity index (χ1n) is 7.79. The average molecular weight is 488 g/mol. The number of para-hydroxylation sites is 1. The smallest absolute Gasteiger partial charge is 0.405 e. The third kappa shape index (κ3) is 9.68. The highest BCUT2D eigenvalue weighted by molar-refractivity contribution is 14.0. The molecule has 0 aliphatic carbocycles. The SMILES string of the molecule is CCCNC(=NCc1ccccc1OC(F)(F)F)NCC(=O)N(C)C.I. The van der Waals surface area contributed by atoms with Gasteiger partial charge in [-0.05, 0) is 12.5 Å². The van der Waals surface area contributed by atoms with E-state index >= 15 is 0 Å². The van der Waals surface area contributed by atoms with Crippen LogP contribution in [-0.2, 0) is 11.3 Å². The Morgan fingerprint density at radius 3 is 2.46 bits per heavy atom. The Labute approximate surface area is 168 Å². The standard InChI is InChI=1S/C16H23F3N4O2.HI/c1-4-9-20-15(22-11-14(24)23(2)3)21-10-12-7-5-6-8-13(12)25-16(17,18)19;/h5-8H,4,9-11H2,1-3H3,(H2,20,21,22);1H. The summed E-state index contributed by atoms with van der Waals surface area (Å²) in [5, 5.41) is 5.87. The number of rotatable bonds is 7. The minimum Gasteiger partial charge on any atom is -0.405 e. The molecule has 0 heterocycles. The van der Waals surface area contributed by atoms with E-state index < -0.39 is 6.36 Å². The van der Waals surface area contributed by atoms with E-state index in [0.29, 0.717) is 12.5 Å². The molecule has 2 N–H and O–H groups in total. The van der Waals surface area contributed by atoms with Gasteiger partial charge in [-0.1, -0.05) is 25.1 Å². The van der Waals surface area contributed by atoms with Crippen LogP contribution in [0.5, 0.6) is 5.75 Å². The predicted molar refractivity (Wildman–Crippen MR) is 105 cm³/mol. The molecule has 0 fully saturated rings. The third-order valence-corrected chi connectivity index (χ3v) is 3.05. The van der Waals surface area contributed by atoms with Gasteiger partial charge in [-0.3, -0.25) is 4.79 Å². The molecule has 6 nitrogen and oxygen atoms in total. The zero-order chi connectivity index (χ0) is 18.9. The lowest BCUT2D eigenvalue weighted by molar-refractivity contribution is -0.274. The van der Waals surface area contributed by atoms with Crippen molar-refractivity contribution in [3.8, 4) is 5.75 Å². The van der Waals surface area contributed by atoms with Crippen LogP contribution in [0.1, 0.15) is 18.9 Å². The van der Waals surface area contributed by atoms with Crippen LogP contribution >= 0.6 is 24.0 Å². The van der Waals surface area contributed by atoms with E-state index in [9.17, 15) is 18.0 Å². The number of alkyl halides is 3. The van der Waals surface area contributed by atoms with E-state index in [-0.39, 0.29) is 54.3 Å². The van der Waals surface area contributed by atoms with Crippen LogP contribution in [-0.4, -0.2) is 50.3 Å². The molecule has 0 bridgehead atoms. The summed E-state index contributed by atoms with van der Waals surface area (Å²) < 4.78 is 41.3. The highest BCUT2D eigenvalue weighted by atomic mass is 127. The molecule has 0 radical (unpaired) electrons. The highest BCUT2D eigenvalue weighted by Gasteiger charge is 2.31. The number of hydrogen-bond donors (Lipinski definition) is 2. The Bertz CT molecular complexity index is 595. The molecule has 0 spiro atoms. The van der Waals surface area contributed by atoms with Gasteiger partial charge < -0.3 is 20.3 Å². The molecule has 148 valence electrons. The normalized spacial score (nSPS) is 11.4. The Kier molecular flexibility index (Phi) is 11.0. The van der Waals surface area contributed by atoms with Crippen LogP contribution in [0.25, 0.3) is 0 Å². The fraction of sp³-hybridized carbons (Fsp3) is 0.500. The molecule has 26 heavy (non-hydrogen) atoms. The summed E-state index contributed by atoms with van der Waals surface area (Å²) in [7, 11) is 3.26. The van der Waals surface area contributed by atoms with Crippen LogP contribution in [0.3, 0.4) is 0 Å². The van der Waals surface area contributed by atoms with E-state index in [0.717, 1.165) is 6.42 Å². The van der Waals surface area contributed by atoms with Crippen LogP contribution < -0.4 is 15.4 Å². The van der Waals surface area contributed by atoms with Crippen molar-refractivity contribution in [3.05, 3.63) is 29.8 Å². The number of carbonyl (C=O) groups excluding carboxylic acids is 1. The number of nitrogens with zero attached hydrogens (tertiary/aromatic N) is 2. The molecular formula is C16H24F3IN4O2. The van der Waals surface area contributed by atoms with Crippen molar-refractivity contribution in [3.63, 3.8) is 0 Å². The summed E-state index contributed by atoms with van der Waals surface area (Å²) in [5.74, 6) is -0.0939. The van der Waals surface area contributed by atoms with Gasteiger partial charge in [0.25, 0.3) is 0 Å². The first kappa shape index (κ1) is 24.3. The second kappa shape index (κ2) is 11.8. The second-order valence-corrected chi connectivity index (χ2v) is 5.39. The Balaban J connectivity index is 0.00000625. The number of benzene rings is 1. The van der Waals surface area contributed by atoms with Gasteiger partial charge in [-0.15, -0.1) is 37.1 Å². The number of nitrogens with one attached hydrogen (secondary N) is 2. The van der Waals surface area contributed by atoms with E-state index in [1.54, 1.807) is 20.2 Å². The molecule has 1 aromatic rings. The van der Waals surface area contributed by atoms with Crippen LogP contribution in [0, 0.1) is 0 Å². The van der Waals surface area contributed by atoms with E-state index in [4.69, 9.17) is 0 Å². The summed E-state index contributed by atoms with van der Waals surface area (Å²) in [4.78, 5) is 17.3. The van der Waals surface area contributed by atoms with Gasteiger partial charge in [0, 0.05) is 26.2 Å². The summed E-state index contributed by atoms with van der Waals surface area (Å²) in [6.45, 7) is 2.58. The molecule has 1 amide bonds. The molecule has 10 heteroatoms. The average Bonchev–Trinajstić information content (AvgIpc) is 2.53. The number of guanidine groups is 1. The first-order chi connectivity index (χ1) is 11.7. The molecule has 1 rings (SSSR count). The second-order valence-electron chi connectivity index (χ2n) is 5.39. The lowest BCUT2D eigenvalue weighted by Crippen LogP contribution is -2.43. The minimum absolute atomic E-state index is 0. The Morgan fingerprint density at radius 2 is 1.88 bits per heavy atom. The predicted octanol–water partition coefficient (Wildman–Crippen LogP) is 2.74. The molecule has 0 aliphatic rings. The van der Waals surface area contributed by atoms with Crippen molar-refractivity contribution in [1.29, 1.82) is 0 Å². The van der Waals surface area contributed by atoms with Crippen molar-refractivity contribution in [2.75, 3.05) is 27.2 Å². The maximum Gasteiger partial charge on any atom is 0.573 e. The summed E-state index contributed by atoms with van der Waals surface area (Å²) in [6, 6.07) is 5.81. The first-order valence-corrected chi connectivity index (χ1v) is 7.79. The largest absolute Gasteiger partial charge is 0.573 e. The fourth-order valence-corrected chi connectivity index (χ4v) is 1.76. The van der Waals surface area contributed by atoms with E-state index in [1.807, 2.05) is 6.92 Å². The van der Waals surface area contributed by atoms with Gasteiger partial charge in [-0.2, -0.15) is 0 Å². The summed E-state index contributed by atoms with van der Waals surface area (Å²) >= 11 is 0. The Morgan fingerprint density at radius 1 is 1.23 bits per heavy atom. The van der Waals surface area contributed by atoms with Gasteiger partial charge in [0.2, 0.25) is 5.91 Å². The maximum absolute atomic E-state index is 12.4. The number of carbonyl (C=O) groups is 1. The van der Waals surface area contributed by atoms with Gasteiger partial charge in [0.15, 0.2) is 5.96 Å². The van der Waals surface area contributed by atoms with E-state index in [2.05, 4.69) is 20.4 Å². The van der Waals surface area contributed by atoms with Crippen LogP contribution in [0.4, 0.5) is 13.2 Å². The molecular weight excluding hydrogens is 464 g/mol. The molecule has 0 aromatic heterocycles. The fourth-order valence-electron chi connectivity index (χ4n) is 1.76. The highest BCUT2D eigenvalue weighted by Crippen LogP contribution is 2.26. The molecule has 0 aliphatic heterocycles. The van der Waals surface area contributed by atoms with Gasteiger partial charge in [0.05, 0.1) is 13.1 Å².